The molecule has 0 saturated heterocycles. The summed E-state index contributed by atoms with van der Waals surface area (Å²) in [5.41, 5.74) is 9.43. The summed E-state index contributed by atoms with van der Waals surface area (Å²) >= 11 is 3.23. The Bertz CT molecular complexity index is 615. The van der Waals surface area contributed by atoms with Crippen LogP contribution >= 0.6 is 15.9 Å². The molecule has 112 valence electrons. The number of halogens is 2. The molecule has 0 heterocycles. The first-order valence-electron chi connectivity index (χ1n) is 6.92. The SMILES string of the molecule is Cc1cccc(CN(C)C(CN)c2ccc(F)c(Br)c2)c1. The van der Waals surface area contributed by atoms with Crippen LogP contribution in [0.25, 0.3) is 0 Å². The number of aryl methyl sites for hydroxylation is 1. The van der Waals surface area contributed by atoms with Crippen molar-refractivity contribution in [3.63, 3.8) is 0 Å². The average molecular weight is 351 g/mol. The summed E-state index contributed by atoms with van der Waals surface area (Å²) in [6.07, 6.45) is 0. The van der Waals surface area contributed by atoms with Crippen molar-refractivity contribution in [2.75, 3.05) is 13.6 Å². The second-order valence-corrected chi connectivity index (χ2v) is 6.18. The maximum atomic E-state index is 13.4. The van der Waals surface area contributed by atoms with E-state index in [1.165, 1.54) is 17.2 Å². The van der Waals surface area contributed by atoms with Crippen LogP contribution in [0.5, 0.6) is 0 Å². The van der Waals surface area contributed by atoms with Gasteiger partial charge in [0.25, 0.3) is 0 Å². The average Bonchev–Trinajstić information content (AvgIpc) is 2.43. The Morgan fingerprint density at radius 1 is 1.24 bits per heavy atom. The van der Waals surface area contributed by atoms with E-state index in [4.69, 9.17) is 5.73 Å². The summed E-state index contributed by atoms with van der Waals surface area (Å²) in [5, 5.41) is 0. The summed E-state index contributed by atoms with van der Waals surface area (Å²) in [6.45, 7) is 3.37. The van der Waals surface area contributed by atoms with Gasteiger partial charge >= 0.3 is 0 Å². The molecule has 2 nitrogen and oxygen atoms in total. The molecule has 1 unspecified atom stereocenters. The van der Waals surface area contributed by atoms with E-state index in [2.05, 4.69) is 52.0 Å². The van der Waals surface area contributed by atoms with E-state index < -0.39 is 0 Å². The van der Waals surface area contributed by atoms with E-state index in [9.17, 15) is 4.39 Å². The van der Waals surface area contributed by atoms with Crippen molar-refractivity contribution in [3.8, 4) is 0 Å². The second kappa shape index (κ2) is 7.16. The van der Waals surface area contributed by atoms with Crippen LogP contribution in [0.3, 0.4) is 0 Å². The molecule has 0 aliphatic carbocycles. The predicted molar refractivity (Wildman–Crippen MR) is 88.5 cm³/mol. The van der Waals surface area contributed by atoms with Crippen molar-refractivity contribution in [2.24, 2.45) is 5.73 Å². The Labute approximate surface area is 133 Å². The predicted octanol–water partition coefficient (Wildman–Crippen LogP) is 4.03. The van der Waals surface area contributed by atoms with Crippen LogP contribution in [-0.4, -0.2) is 18.5 Å². The maximum absolute atomic E-state index is 13.4. The zero-order valence-corrected chi connectivity index (χ0v) is 13.9. The van der Waals surface area contributed by atoms with Crippen LogP contribution in [-0.2, 0) is 6.54 Å². The molecule has 2 aromatic rings. The van der Waals surface area contributed by atoms with E-state index in [0.717, 1.165) is 12.1 Å². The van der Waals surface area contributed by atoms with Crippen LogP contribution in [0.2, 0.25) is 0 Å². The highest BCUT2D eigenvalue weighted by Crippen LogP contribution is 2.25. The first-order valence-corrected chi connectivity index (χ1v) is 7.71. The van der Waals surface area contributed by atoms with Gasteiger partial charge in [-0.3, -0.25) is 4.90 Å². The standard InChI is InChI=1S/C17H20BrFN2/c1-12-4-3-5-13(8-12)11-21(2)17(10-20)14-6-7-16(19)15(18)9-14/h3-9,17H,10-11,20H2,1-2H3. The van der Waals surface area contributed by atoms with E-state index in [-0.39, 0.29) is 11.9 Å². The molecule has 1 atom stereocenters. The van der Waals surface area contributed by atoms with Gasteiger partial charge in [0.15, 0.2) is 0 Å². The molecule has 0 amide bonds. The lowest BCUT2D eigenvalue weighted by Gasteiger charge is -2.27. The Morgan fingerprint density at radius 2 is 2.00 bits per heavy atom. The van der Waals surface area contributed by atoms with Gasteiger partial charge in [0.2, 0.25) is 0 Å². The van der Waals surface area contributed by atoms with Gasteiger partial charge in [-0.05, 0) is 53.2 Å². The van der Waals surface area contributed by atoms with Crippen molar-refractivity contribution in [2.45, 2.75) is 19.5 Å². The van der Waals surface area contributed by atoms with E-state index in [1.807, 2.05) is 7.05 Å². The third-order valence-corrected chi connectivity index (χ3v) is 4.21. The van der Waals surface area contributed by atoms with E-state index in [1.54, 1.807) is 12.1 Å². The normalized spacial score (nSPS) is 12.7. The zero-order valence-electron chi connectivity index (χ0n) is 12.3. The number of hydrogen-bond acceptors (Lipinski definition) is 2. The van der Waals surface area contributed by atoms with Crippen molar-refractivity contribution in [3.05, 3.63) is 69.4 Å². The summed E-state index contributed by atoms with van der Waals surface area (Å²) in [4.78, 5) is 2.19. The lowest BCUT2D eigenvalue weighted by Crippen LogP contribution is -2.30. The number of rotatable bonds is 5. The molecule has 0 spiro atoms. The molecule has 2 N–H and O–H groups in total. The molecule has 0 bridgehead atoms. The number of hydrogen-bond donors (Lipinski definition) is 1. The minimum absolute atomic E-state index is 0.0578. The zero-order chi connectivity index (χ0) is 15.4. The van der Waals surface area contributed by atoms with Crippen molar-refractivity contribution < 1.29 is 4.39 Å². The van der Waals surface area contributed by atoms with Crippen LogP contribution < -0.4 is 5.73 Å². The Hall–Kier alpha value is -1.23. The lowest BCUT2D eigenvalue weighted by molar-refractivity contribution is 0.241. The molecule has 2 rings (SSSR count). The summed E-state index contributed by atoms with van der Waals surface area (Å²) in [5.74, 6) is -0.254. The number of nitrogens with two attached hydrogens (primary N) is 1. The minimum Gasteiger partial charge on any atom is -0.329 e. The molecular weight excluding hydrogens is 331 g/mol. The maximum Gasteiger partial charge on any atom is 0.137 e. The van der Waals surface area contributed by atoms with E-state index in [0.29, 0.717) is 11.0 Å². The van der Waals surface area contributed by atoms with Crippen LogP contribution in [0.1, 0.15) is 22.7 Å². The van der Waals surface area contributed by atoms with Crippen molar-refractivity contribution in [1.29, 1.82) is 0 Å². The highest BCUT2D eigenvalue weighted by Gasteiger charge is 2.17. The smallest absolute Gasteiger partial charge is 0.137 e. The van der Waals surface area contributed by atoms with Crippen LogP contribution in [0, 0.1) is 12.7 Å². The van der Waals surface area contributed by atoms with Gasteiger partial charge in [-0.25, -0.2) is 4.39 Å². The summed E-state index contributed by atoms with van der Waals surface area (Å²) in [6, 6.07) is 13.6. The highest BCUT2D eigenvalue weighted by molar-refractivity contribution is 9.10. The van der Waals surface area contributed by atoms with Gasteiger partial charge in [-0.15, -0.1) is 0 Å². The largest absolute Gasteiger partial charge is 0.329 e. The second-order valence-electron chi connectivity index (χ2n) is 5.33. The van der Waals surface area contributed by atoms with Crippen molar-refractivity contribution in [1.82, 2.24) is 4.90 Å². The quantitative estimate of drug-likeness (QED) is 0.881. The van der Waals surface area contributed by atoms with Gasteiger partial charge in [-0.1, -0.05) is 35.9 Å². The van der Waals surface area contributed by atoms with Crippen LogP contribution in [0.15, 0.2) is 46.9 Å². The Kier molecular flexibility index (Phi) is 5.51. The number of benzene rings is 2. The first kappa shape index (κ1) is 16.1. The molecular formula is C17H20BrFN2. The number of nitrogens with zero attached hydrogens (tertiary/aromatic N) is 1. The molecule has 4 heteroatoms. The third-order valence-electron chi connectivity index (χ3n) is 3.60. The molecule has 0 aliphatic heterocycles. The fraction of sp³-hybridized carbons (Fsp3) is 0.294. The molecule has 2 aromatic carbocycles. The monoisotopic (exact) mass is 350 g/mol. The van der Waals surface area contributed by atoms with Gasteiger partial charge in [0, 0.05) is 19.1 Å². The van der Waals surface area contributed by atoms with E-state index >= 15 is 0 Å². The van der Waals surface area contributed by atoms with Gasteiger partial charge in [0.05, 0.1) is 4.47 Å². The Balaban J connectivity index is 2.18. The van der Waals surface area contributed by atoms with Crippen LogP contribution in [0.4, 0.5) is 4.39 Å². The highest BCUT2D eigenvalue weighted by atomic mass is 79.9. The molecule has 0 radical (unpaired) electrons. The molecule has 0 fully saturated rings. The fourth-order valence-corrected chi connectivity index (χ4v) is 2.90. The molecule has 21 heavy (non-hydrogen) atoms. The topological polar surface area (TPSA) is 29.3 Å². The summed E-state index contributed by atoms with van der Waals surface area (Å²) < 4.78 is 13.8. The van der Waals surface area contributed by atoms with Crippen molar-refractivity contribution >= 4 is 15.9 Å². The third kappa shape index (κ3) is 4.13. The van der Waals surface area contributed by atoms with Gasteiger partial charge in [0.1, 0.15) is 5.82 Å². The first-order chi connectivity index (χ1) is 10.0. The number of likely N-dealkylation sites (N-methyl/N-ethyl adjacent to an activating group) is 1. The van der Waals surface area contributed by atoms with Gasteiger partial charge < -0.3 is 5.73 Å². The molecule has 0 saturated carbocycles. The molecule has 0 aliphatic rings. The van der Waals surface area contributed by atoms with Gasteiger partial charge in [-0.2, -0.15) is 0 Å². The lowest BCUT2D eigenvalue weighted by atomic mass is 10.0. The minimum atomic E-state index is -0.254. The Morgan fingerprint density at radius 3 is 2.62 bits per heavy atom. The summed E-state index contributed by atoms with van der Waals surface area (Å²) in [7, 11) is 2.04. The fourth-order valence-electron chi connectivity index (χ4n) is 2.50. The molecule has 0 aromatic heterocycles.